The van der Waals surface area contributed by atoms with E-state index < -0.39 is 6.04 Å². The van der Waals surface area contributed by atoms with Crippen molar-refractivity contribution in [2.24, 2.45) is 0 Å². The van der Waals surface area contributed by atoms with E-state index in [2.05, 4.69) is 10.6 Å². The lowest BCUT2D eigenvalue weighted by Gasteiger charge is -2.29. The molecule has 24 heavy (non-hydrogen) atoms. The molecule has 0 saturated heterocycles. The van der Waals surface area contributed by atoms with Crippen LogP contribution in [0.5, 0.6) is 0 Å². The lowest BCUT2D eigenvalue weighted by Crippen LogP contribution is -2.45. The van der Waals surface area contributed by atoms with Gasteiger partial charge in [0.25, 0.3) is 0 Å². The van der Waals surface area contributed by atoms with Crippen molar-refractivity contribution in [3.63, 3.8) is 0 Å². The highest BCUT2D eigenvalue weighted by Gasteiger charge is 2.31. The van der Waals surface area contributed by atoms with Crippen LogP contribution in [0.25, 0.3) is 0 Å². The quantitative estimate of drug-likeness (QED) is 0.791. The molecule has 0 radical (unpaired) electrons. The molecule has 0 spiro atoms. The summed E-state index contributed by atoms with van der Waals surface area (Å²) in [6.07, 6.45) is 0. The van der Waals surface area contributed by atoms with Crippen molar-refractivity contribution >= 4 is 35.0 Å². The summed E-state index contributed by atoms with van der Waals surface area (Å²) in [5.41, 5.74) is 2.23. The first-order chi connectivity index (χ1) is 11.5. The van der Waals surface area contributed by atoms with Crippen LogP contribution in [0.3, 0.4) is 0 Å². The fraction of sp³-hybridized carbons (Fsp3) is 0.111. The van der Waals surface area contributed by atoms with Gasteiger partial charge in [0.15, 0.2) is 5.78 Å². The molecule has 2 N–H and O–H groups in total. The summed E-state index contributed by atoms with van der Waals surface area (Å²) < 4.78 is 0. The highest BCUT2D eigenvalue weighted by atomic mass is 35.5. The van der Waals surface area contributed by atoms with Crippen LogP contribution >= 0.6 is 23.2 Å². The number of Topliss-reactive ketones (excluding diaryl/α,β-unsaturated/α-hetero) is 1. The Kier molecular flexibility index (Phi) is 4.60. The second kappa shape index (κ2) is 6.67. The van der Waals surface area contributed by atoms with Gasteiger partial charge in [0.1, 0.15) is 0 Å². The molecule has 2 amide bonds. The number of carbonyl (C=O) groups excluding carboxylic acids is 2. The van der Waals surface area contributed by atoms with Crippen LogP contribution < -0.4 is 10.6 Å². The minimum absolute atomic E-state index is 0.156. The zero-order chi connectivity index (χ0) is 17.3. The first-order valence-corrected chi connectivity index (χ1v) is 8.06. The Labute approximate surface area is 149 Å². The standard InChI is InChI=1S/C18H14Cl2N2O2/c1-10-15(17(23)11-5-3-2-4-6-11)16(22-18(24)21-10)12-7-8-13(19)14(20)9-12/h2-9,16H,1H3,(H2,21,22,24). The Hall–Kier alpha value is -2.30. The van der Waals surface area contributed by atoms with Crippen LogP contribution in [-0.4, -0.2) is 11.8 Å². The summed E-state index contributed by atoms with van der Waals surface area (Å²) in [6.45, 7) is 1.71. The number of hydrogen-bond acceptors (Lipinski definition) is 2. The first kappa shape index (κ1) is 16.6. The molecule has 122 valence electrons. The zero-order valence-corrected chi connectivity index (χ0v) is 14.3. The van der Waals surface area contributed by atoms with Crippen LogP contribution in [0.15, 0.2) is 59.8 Å². The van der Waals surface area contributed by atoms with Gasteiger partial charge in [-0.1, -0.05) is 59.6 Å². The van der Waals surface area contributed by atoms with Crippen LogP contribution in [0.1, 0.15) is 28.9 Å². The van der Waals surface area contributed by atoms with Crippen molar-refractivity contribution in [2.75, 3.05) is 0 Å². The van der Waals surface area contributed by atoms with E-state index in [1.165, 1.54) is 0 Å². The third-order valence-electron chi connectivity index (χ3n) is 3.83. The van der Waals surface area contributed by atoms with Gasteiger partial charge in [0, 0.05) is 16.8 Å². The molecule has 2 aromatic carbocycles. The molecule has 0 aromatic heterocycles. The summed E-state index contributed by atoms with van der Waals surface area (Å²) in [5.74, 6) is -0.156. The maximum Gasteiger partial charge on any atom is 0.319 e. The second-order valence-corrected chi connectivity index (χ2v) is 6.25. The van der Waals surface area contributed by atoms with E-state index in [9.17, 15) is 9.59 Å². The highest BCUT2D eigenvalue weighted by Crippen LogP contribution is 2.32. The number of allylic oxidation sites excluding steroid dienone is 1. The molecule has 2 aromatic rings. The number of amides is 2. The minimum Gasteiger partial charge on any atom is -0.327 e. The Morgan fingerprint density at radius 3 is 2.42 bits per heavy atom. The predicted octanol–water partition coefficient (Wildman–Crippen LogP) is 4.50. The van der Waals surface area contributed by atoms with Gasteiger partial charge < -0.3 is 10.6 Å². The van der Waals surface area contributed by atoms with Gasteiger partial charge in [-0.2, -0.15) is 0 Å². The largest absolute Gasteiger partial charge is 0.327 e. The van der Waals surface area contributed by atoms with Gasteiger partial charge in [0.2, 0.25) is 0 Å². The first-order valence-electron chi connectivity index (χ1n) is 7.30. The van der Waals surface area contributed by atoms with E-state index in [1.807, 2.05) is 6.07 Å². The number of rotatable bonds is 3. The highest BCUT2D eigenvalue weighted by molar-refractivity contribution is 6.42. The number of halogens is 2. The summed E-state index contributed by atoms with van der Waals surface area (Å²) in [4.78, 5) is 24.8. The van der Waals surface area contributed by atoms with Crippen LogP contribution in [-0.2, 0) is 0 Å². The van der Waals surface area contributed by atoms with Crippen LogP contribution in [0.4, 0.5) is 4.79 Å². The van der Waals surface area contributed by atoms with Gasteiger partial charge in [-0.25, -0.2) is 4.79 Å². The normalized spacial score (nSPS) is 17.3. The summed E-state index contributed by atoms with van der Waals surface area (Å²) in [7, 11) is 0. The number of ketones is 1. The maximum absolute atomic E-state index is 12.9. The second-order valence-electron chi connectivity index (χ2n) is 5.44. The van der Waals surface area contributed by atoms with Crippen LogP contribution in [0.2, 0.25) is 10.0 Å². The number of hydrogen-bond donors (Lipinski definition) is 2. The molecule has 6 heteroatoms. The maximum atomic E-state index is 12.9. The Balaban J connectivity index is 2.08. The van der Waals surface area contributed by atoms with Crippen molar-refractivity contribution in [3.8, 4) is 0 Å². The summed E-state index contributed by atoms with van der Waals surface area (Å²) >= 11 is 12.1. The van der Waals surface area contributed by atoms with E-state index in [1.54, 1.807) is 49.4 Å². The monoisotopic (exact) mass is 360 g/mol. The van der Waals surface area contributed by atoms with Gasteiger partial charge >= 0.3 is 6.03 Å². The smallest absolute Gasteiger partial charge is 0.319 e. The molecule has 3 rings (SSSR count). The molecule has 0 fully saturated rings. The molecule has 1 heterocycles. The third kappa shape index (κ3) is 3.16. The lowest BCUT2D eigenvalue weighted by molar-refractivity contribution is 0.102. The van der Waals surface area contributed by atoms with E-state index >= 15 is 0 Å². The van der Waals surface area contributed by atoms with Crippen LogP contribution in [0, 0.1) is 0 Å². The lowest BCUT2D eigenvalue weighted by atomic mass is 9.89. The van der Waals surface area contributed by atoms with E-state index in [4.69, 9.17) is 23.2 Å². The fourth-order valence-corrected chi connectivity index (χ4v) is 2.99. The van der Waals surface area contributed by atoms with E-state index in [0.717, 1.165) is 0 Å². The van der Waals surface area contributed by atoms with Gasteiger partial charge in [0.05, 0.1) is 16.1 Å². The summed E-state index contributed by atoms with van der Waals surface area (Å²) in [6, 6.07) is 13.0. The molecule has 4 nitrogen and oxygen atoms in total. The van der Waals surface area contributed by atoms with Crippen molar-refractivity contribution < 1.29 is 9.59 Å². The Morgan fingerprint density at radius 2 is 1.75 bits per heavy atom. The molecule has 1 atom stereocenters. The predicted molar refractivity (Wildman–Crippen MR) is 94.3 cm³/mol. The number of urea groups is 1. The molecule has 1 aliphatic rings. The van der Waals surface area contributed by atoms with Gasteiger partial charge in [-0.05, 0) is 24.6 Å². The van der Waals surface area contributed by atoms with Crippen molar-refractivity contribution in [1.82, 2.24) is 10.6 Å². The van der Waals surface area contributed by atoms with E-state index in [0.29, 0.717) is 32.4 Å². The molecule has 0 bridgehead atoms. The van der Waals surface area contributed by atoms with E-state index in [-0.39, 0.29) is 11.8 Å². The topological polar surface area (TPSA) is 58.2 Å². The molecular weight excluding hydrogens is 347 g/mol. The molecule has 0 aliphatic carbocycles. The summed E-state index contributed by atoms with van der Waals surface area (Å²) in [5, 5.41) is 6.22. The average Bonchev–Trinajstić information content (AvgIpc) is 2.57. The van der Waals surface area contributed by atoms with Crippen molar-refractivity contribution in [3.05, 3.63) is 81.0 Å². The fourth-order valence-electron chi connectivity index (χ4n) is 2.68. The number of benzene rings is 2. The third-order valence-corrected chi connectivity index (χ3v) is 4.57. The molecule has 0 saturated carbocycles. The van der Waals surface area contributed by atoms with Crippen molar-refractivity contribution in [2.45, 2.75) is 13.0 Å². The number of carbonyl (C=O) groups is 2. The Morgan fingerprint density at radius 1 is 1.04 bits per heavy atom. The zero-order valence-electron chi connectivity index (χ0n) is 12.8. The number of nitrogens with one attached hydrogen (secondary N) is 2. The molecule has 1 unspecified atom stereocenters. The Bertz CT molecular complexity index is 847. The SMILES string of the molecule is CC1=C(C(=O)c2ccccc2)C(c2ccc(Cl)c(Cl)c2)NC(=O)N1. The van der Waals surface area contributed by atoms with Gasteiger partial charge in [-0.3, -0.25) is 4.79 Å². The molecular formula is C18H14Cl2N2O2. The van der Waals surface area contributed by atoms with Gasteiger partial charge in [-0.15, -0.1) is 0 Å². The molecule has 1 aliphatic heterocycles. The minimum atomic E-state index is -0.596. The average molecular weight is 361 g/mol. The van der Waals surface area contributed by atoms with Crippen molar-refractivity contribution in [1.29, 1.82) is 0 Å².